The molecule has 2 aromatic rings. The predicted molar refractivity (Wildman–Crippen MR) is 109 cm³/mol. The highest BCUT2D eigenvalue weighted by molar-refractivity contribution is 5.83. The summed E-state index contributed by atoms with van der Waals surface area (Å²) in [5.41, 5.74) is 1.29. The molecule has 6 nitrogen and oxygen atoms in total. The van der Waals surface area contributed by atoms with Crippen LogP contribution in [0, 0.1) is 5.92 Å². The van der Waals surface area contributed by atoms with Crippen molar-refractivity contribution in [3.05, 3.63) is 54.4 Å². The summed E-state index contributed by atoms with van der Waals surface area (Å²) < 4.78 is 1.84. The molecular formula is C22H30N4O2. The molecule has 1 atom stereocenters. The number of hydrogen-bond donors (Lipinski definition) is 0. The normalized spacial score (nSPS) is 17.0. The zero-order valence-electron chi connectivity index (χ0n) is 16.7. The van der Waals surface area contributed by atoms with E-state index in [4.69, 9.17) is 0 Å². The molecule has 2 heterocycles. The lowest BCUT2D eigenvalue weighted by atomic mass is 9.95. The van der Waals surface area contributed by atoms with Crippen LogP contribution in [0.2, 0.25) is 0 Å². The van der Waals surface area contributed by atoms with Gasteiger partial charge < -0.3 is 9.80 Å². The molecule has 1 aliphatic heterocycles. The first-order valence-electron chi connectivity index (χ1n) is 10.2. The van der Waals surface area contributed by atoms with E-state index in [1.165, 1.54) is 5.56 Å². The molecule has 0 N–H and O–H groups in total. The highest BCUT2D eigenvalue weighted by Gasteiger charge is 2.32. The molecule has 1 fully saturated rings. The molecule has 0 bridgehead atoms. The molecule has 2 amide bonds. The maximum atomic E-state index is 13.0. The Morgan fingerprint density at radius 2 is 2.04 bits per heavy atom. The first-order valence-corrected chi connectivity index (χ1v) is 10.2. The van der Waals surface area contributed by atoms with Crippen molar-refractivity contribution >= 4 is 11.8 Å². The van der Waals surface area contributed by atoms with Crippen LogP contribution in [0.3, 0.4) is 0 Å². The second-order valence-corrected chi connectivity index (χ2v) is 7.35. The van der Waals surface area contributed by atoms with E-state index < -0.39 is 0 Å². The van der Waals surface area contributed by atoms with Crippen LogP contribution < -0.4 is 0 Å². The molecule has 1 aliphatic rings. The minimum absolute atomic E-state index is 0.0907. The van der Waals surface area contributed by atoms with Gasteiger partial charge in [0.2, 0.25) is 11.8 Å². The molecule has 0 saturated carbocycles. The van der Waals surface area contributed by atoms with Crippen LogP contribution in [0.4, 0.5) is 0 Å². The lowest BCUT2D eigenvalue weighted by molar-refractivity contribution is -0.143. The van der Waals surface area contributed by atoms with E-state index >= 15 is 0 Å². The summed E-state index contributed by atoms with van der Waals surface area (Å²) in [5, 5.41) is 4.20. The van der Waals surface area contributed by atoms with Crippen LogP contribution in [0.25, 0.3) is 0 Å². The van der Waals surface area contributed by atoms with Crippen LogP contribution in [0.5, 0.6) is 0 Å². The van der Waals surface area contributed by atoms with Gasteiger partial charge in [0.25, 0.3) is 0 Å². The average molecular weight is 383 g/mol. The third-order valence-corrected chi connectivity index (χ3v) is 5.44. The fourth-order valence-electron chi connectivity index (χ4n) is 3.79. The molecule has 1 aromatic carbocycles. The van der Waals surface area contributed by atoms with Crippen molar-refractivity contribution in [2.45, 2.75) is 39.2 Å². The number of benzene rings is 1. The van der Waals surface area contributed by atoms with E-state index in [9.17, 15) is 9.59 Å². The summed E-state index contributed by atoms with van der Waals surface area (Å²) >= 11 is 0. The first-order chi connectivity index (χ1) is 13.7. The number of nitrogens with zero attached hydrogens (tertiary/aromatic N) is 4. The Kier molecular flexibility index (Phi) is 7.23. The zero-order chi connectivity index (χ0) is 19.8. The zero-order valence-corrected chi connectivity index (χ0v) is 16.7. The largest absolute Gasteiger partial charge is 0.342 e. The predicted octanol–water partition coefficient (Wildman–Crippen LogP) is 2.60. The summed E-state index contributed by atoms with van der Waals surface area (Å²) in [7, 11) is 0. The van der Waals surface area contributed by atoms with Crippen LogP contribution >= 0.6 is 0 Å². The van der Waals surface area contributed by atoms with E-state index in [0.717, 1.165) is 19.4 Å². The van der Waals surface area contributed by atoms with Gasteiger partial charge in [-0.3, -0.25) is 14.3 Å². The number of carbonyl (C=O) groups is 2. The molecule has 0 radical (unpaired) electrons. The summed E-state index contributed by atoms with van der Waals surface area (Å²) in [4.78, 5) is 29.1. The number of likely N-dealkylation sites (N-methyl/N-ethyl adjacent to an activating group) is 1. The fourth-order valence-corrected chi connectivity index (χ4v) is 3.79. The van der Waals surface area contributed by atoms with Crippen molar-refractivity contribution < 1.29 is 9.59 Å². The lowest BCUT2D eigenvalue weighted by Gasteiger charge is -2.34. The first kappa shape index (κ1) is 20.1. The van der Waals surface area contributed by atoms with Crippen LogP contribution in [0.1, 0.15) is 31.7 Å². The Labute approximate surface area is 167 Å². The molecule has 6 heteroatoms. The van der Waals surface area contributed by atoms with Gasteiger partial charge in [0.15, 0.2) is 0 Å². The lowest BCUT2D eigenvalue weighted by Crippen LogP contribution is -2.47. The molecule has 0 spiro atoms. The van der Waals surface area contributed by atoms with Gasteiger partial charge in [-0.15, -0.1) is 0 Å². The maximum Gasteiger partial charge on any atom is 0.227 e. The molecule has 1 unspecified atom stereocenters. The summed E-state index contributed by atoms with van der Waals surface area (Å²) in [6, 6.07) is 12.2. The van der Waals surface area contributed by atoms with Crippen molar-refractivity contribution in [3.8, 4) is 0 Å². The Hall–Kier alpha value is -2.63. The minimum Gasteiger partial charge on any atom is -0.342 e. The quantitative estimate of drug-likeness (QED) is 0.670. The van der Waals surface area contributed by atoms with Gasteiger partial charge in [-0.1, -0.05) is 30.3 Å². The number of likely N-dealkylation sites (tertiary alicyclic amines) is 1. The van der Waals surface area contributed by atoms with Crippen LogP contribution in [0.15, 0.2) is 48.8 Å². The van der Waals surface area contributed by atoms with Gasteiger partial charge in [0.1, 0.15) is 0 Å². The van der Waals surface area contributed by atoms with Crippen LogP contribution in [-0.2, 0) is 22.6 Å². The summed E-state index contributed by atoms with van der Waals surface area (Å²) in [6.07, 6.45) is 6.66. The molecule has 0 aliphatic carbocycles. The number of hydrogen-bond acceptors (Lipinski definition) is 3. The summed E-state index contributed by atoms with van der Waals surface area (Å²) in [5.74, 6) is 0.249. The van der Waals surface area contributed by atoms with Gasteiger partial charge in [-0.2, -0.15) is 5.10 Å². The number of piperidine rings is 1. The van der Waals surface area contributed by atoms with Gasteiger partial charge in [-0.25, -0.2) is 0 Å². The topological polar surface area (TPSA) is 58.4 Å². The highest BCUT2D eigenvalue weighted by Crippen LogP contribution is 2.20. The van der Waals surface area contributed by atoms with E-state index in [0.29, 0.717) is 39.0 Å². The molecule has 150 valence electrons. The SMILES string of the molecule is CCN(CCn1cccn1)C(=O)C1CCC(=O)N(CCCc2ccccc2)C1. The Balaban J connectivity index is 1.50. The number of aryl methyl sites for hydroxylation is 1. The standard InChI is InChI=1S/C22H30N4O2/c1-2-24(16-17-26-15-7-13-23-26)22(28)20-11-12-21(27)25(18-20)14-6-10-19-8-4-3-5-9-19/h3-5,7-9,13,15,20H,2,6,10-12,14,16-18H2,1H3. The molecule has 28 heavy (non-hydrogen) atoms. The van der Waals surface area contributed by atoms with Crippen molar-refractivity contribution in [2.75, 3.05) is 26.2 Å². The second-order valence-electron chi connectivity index (χ2n) is 7.35. The van der Waals surface area contributed by atoms with Gasteiger partial charge >= 0.3 is 0 Å². The van der Waals surface area contributed by atoms with E-state index in [2.05, 4.69) is 17.2 Å². The van der Waals surface area contributed by atoms with E-state index in [-0.39, 0.29) is 17.7 Å². The van der Waals surface area contributed by atoms with E-state index in [1.54, 1.807) is 6.20 Å². The number of carbonyl (C=O) groups excluding carboxylic acids is 2. The van der Waals surface area contributed by atoms with Gasteiger partial charge in [-0.05, 0) is 37.8 Å². The maximum absolute atomic E-state index is 13.0. The molecule has 3 rings (SSSR count). The fraction of sp³-hybridized carbons (Fsp3) is 0.500. The Bertz CT molecular complexity index is 745. The molecule has 1 saturated heterocycles. The number of aromatic nitrogens is 2. The smallest absolute Gasteiger partial charge is 0.227 e. The molecule has 1 aromatic heterocycles. The third-order valence-electron chi connectivity index (χ3n) is 5.44. The Morgan fingerprint density at radius 3 is 2.75 bits per heavy atom. The monoisotopic (exact) mass is 382 g/mol. The van der Waals surface area contributed by atoms with E-state index in [1.807, 2.05) is 51.9 Å². The second kappa shape index (κ2) is 10.1. The van der Waals surface area contributed by atoms with Crippen molar-refractivity contribution in [3.63, 3.8) is 0 Å². The number of rotatable bonds is 9. The van der Waals surface area contributed by atoms with Gasteiger partial charge in [0.05, 0.1) is 12.5 Å². The molecular weight excluding hydrogens is 352 g/mol. The van der Waals surface area contributed by atoms with Crippen molar-refractivity contribution in [1.29, 1.82) is 0 Å². The van der Waals surface area contributed by atoms with Crippen LogP contribution in [-0.4, -0.2) is 57.6 Å². The van der Waals surface area contributed by atoms with Crippen molar-refractivity contribution in [2.24, 2.45) is 5.92 Å². The van der Waals surface area contributed by atoms with Gasteiger partial charge in [0, 0.05) is 45.0 Å². The highest BCUT2D eigenvalue weighted by atomic mass is 16.2. The third kappa shape index (κ3) is 5.44. The average Bonchev–Trinajstić information content (AvgIpc) is 3.24. The Morgan fingerprint density at radius 1 is 1.21 bits per heavy atom. The number of amides is 2. The summed E-state index contributed by atoms with van der Waals surface area (Å²) in [6.45, 7) is 5.29. The minimum atomic E-state index is -0.0907. The van der Waals surface area contributed by atoms with Crippen molar-refractivity contribution in [1.82, 2.24) is 19.6 Å².